The highest BCUT2D eigenvalue weighted by molar-refractivity contribution is 5.71. The minimum atomic E-state index is -0.963. The Bertz CT molecular complexity index is 1250. The number of rotatable bonds is 17. The molecule has 1 saturated heterocycles. The normalized spacial score (nSPS) is 16.9. The van der Waals surface area contributed by atoms with E-state index < -0.39 is 11.6 Å². The van der Waals surface area contributed by atoms with Crippen molar-refractivity contribution in [1.82, 2.24) is 0 Å². The maximum Gasteiger partial charge on any atom is 0.201 e. The first kappa shape index (κ1) is 33.1. The fraction of sp³-hybridized carbons (Fsp3) is 0.526. The minimum absolute atomic E-state index is 0.0525. The van der Waals surface area contributed by atoms with Gasteiger partial charge in [0.15, 0.2) is 11.6 Å². The summed E-state index contributed by atoms with van der Waals surface area (Å²) in [4.78, 5) is 0. The molecule has 2 nitrogen and oxygen atoms in total. The molecule has 43 heavy (non-hydrogen) atoms. The maximum absolute atomic E-state index is 15.2. The molecule has 1 heterocycles. The number of unbranched alkanes of at least 4 members (excludes halogenated alkanes) is 9. The summed E-state index contributed by atoms with van der Waals surface area (Å²) < 4.78 is 56.6. The summed E-state index contributed by atoms with van der Waals surface area (Å²) in [5.41, 5.74) is 3.00. The van der Waals surface area contributed by atoms with Crippen LogP contribution in [0.2, 0.25) is 0 Å². The summed E-state index contributed by atoms with van der Waals surface area (Å²) >= 11 is 0. The summed E-state index contributed by atoms with van der Waals surface area (Å²) in [6, 6.07) is 15.6. The molecule has 0 amide bonds. The third kappa shape index (κ3) is 9.60. The second kappa shape index (κ2) is 17.5. The van der Waals surface area contributed by atoms with Gasteiger partial charge in [-0.05, 0) is 66.1 Å². The van der Waals surface area contributed by atoms with Crippen molar-refractivity contribution in [2.24, 2.45) is 0 Å². The van der Waals surface area contributed by atoms with Gasteiger partial charge in [-0.15, -0.1) is 0 Å². The number of hydrogen-bond donors (Lipinski definition) is 0. The molecule has 0 N–H and O–H groups in total. The molecule has 4 rings (SSSR count). The largest absolute Gasteiger partial charge is 0.490 e. The van der Waals surface area contributed by atoms with E-state index in [2.05, 4.69) is 13.8 Å². The molecule has 2 unspecified atom stereocenters. The molecule has 0 saturated carbocycles. The molecule has 234 valence electrons. The standard InChI is InChI=1S/C38H49F3O2/c1-3-5-7-9-11-13-25-42-36-24-23-34(37(40)38(36)41)29-17-15-28(16-18-29)30-20-22-33(35(39)26-30)31-19-21-32(43-27-31)14-12-10-8-6-4-2/h15-18,20,22-24,26,31-32H,3-14,19,21,25,27H2,1-2H3. The molecule has 0 bridgehead atoms. The Morgan fingerprint density at radius 2 is 1.33 bits per heavy atom. The van der Waals surface area contributed by atoms with Crippen molar-refractivity contribution in [3.8, 4) is 28.0 Å². The third-order valence-corrected chi connectivity index (χ3v) is 8.77. The molecular weight excluding hydrogens is 545 g/mol. The summed E-state index contributed by atoms with van der Waals surface area (Å²) in [6.45, 7) is 5.34. The lowest BCUT2D eigenvalue weighted by molar-refractivity contribution is -0.00273. The molecule has 3 aromatic rings. The van der Waals surface area contributed by atoms with Crippen LogP contribution < -0.4 is 4.74 Å². The van der Waals surface area contributed by atoms with E-state index in [1.54, 1.807) is 24.3 Å². The highest BCUT2D eigenvalue weighted by atomic mass is 19.2. The number of halogens is 3. The Kier molecular flexibility index (Phi) is 13.5. The summed E-state index contributed by atoms with van der Waals surface area (Å²) in [6.07, 6.45) is 16.2. The van der Waals surface area contributed by atoms with Crippen LogP contribution in [0.15, 0.2) is 54.6 Å². The zero-order chi connectivity index (χ0) is 30.4. The predicted molar refractivity (Wildman–Crippen MR) is 171 cm³/mol. The Morgan fingerprint density at radius 1 is 0.674 bits per heavy atom. The Morgan fingerprint density at radius 3 is 2.00 bits per heavy atom. The Labute approximate surface area is 257 Å². The number of hydrogen-bond acceptors (Lipinski definition) is 2. The van der Waals surface area contributed by atoms with Crippen molar-refractivity contribution in [1.29, 1.82) is 0 Å². The predicted octanol–water partition coefficient (Wildman–Crippen LogP) is 11.8. The molecule has 1 fully saturated rings. The van der Waals surface area contributed by atoms with Crippen LogP contribution in [0.3, 0.4) is 0 Å². The molecule has 0 aromatic heterocycles. The zero-order valence-electron chi connectivity index (χ0n) is 26.1. The van der Waals surface area contributed by atoms with Gasteiger partial charge < -0.3 is 9.47 Å². The van der Waals surface area contributed by atoms with E-state index in [1.165, 1.54) is 57.4 Å². The smallest absolute Gasteiger partial charge is 0.201 e. The van der Waals surface area contributed by atoms with Crippen molar-refractivity contribution in [2.75, 3.05) is 13.2 Å². The lowest BCUT2D eigenvalue weighted by Crippen LogP contribution is -2.25. The summed E-state index contributed by atoms with van der Waals surface area (Å²) in [5, 5.41) is 0. The van der Waals surface area contributed by atoms with Crippen molar-refractivity contribution < 1.29 is 22.6 Å². The molecule has 1 aliphatic rings. The minimum Gasteiger partial charge on any atom is -0.490 e. The molecule has 2 atom stereocenters. The molecule has 5 heteroatoms. The second-order valence-corrected chi connectivity index (χ2v) is 12.1. The monoisotopic (exact) mass is 594 g/mol. The fourth-order valence-electron chi connectivity index (χ4n) is 6.07. The van der Waals surface area contributed by atoms with Crippen LogP contribution >= 0.6 is 0 Å². The maximum atomic E-state index is 15.2. The van der Waals surface area contributed by atoms with Gasteiger partial charge in [0, 0.05) is 11.5 Å². The van der Waals surface area contributed by atoms with Crippen molar-refractivity contribution in [3.05, 3.63) is 77.6 Å². The van der Waals surface area contributed by atoms with Gasteiger partial charge in [0.25, 0.3) is 0 Å². The van der Waals surface area contributed by atoms with Crippen LogP contribution in [0, 0.1) is 17.5 Å². The van der Waals surface area contributed by atoms with E-state index in [-0.39, 0.29) is 23.0 Å². The van der Waals surface area contributed by atoms with E-state index >= 15 is 4.39 Å². The fourth-order valence-corrected chi connectivity index (χ4v) is 6.07. The van der Waals surface area contributed by atoms with Gasteiger partial charge in [-0.2, -0.15) is 4.39 Å². The summed E-state index contributed by atoms with van der Waals surface area (Å²) in [5.74, 6) is -2.09. The van der Waals surface area contributed by atoms with Crippen LogP contribution in [0.5, 0.6) is 5.75 Å². The second-order valence-electron chi connectivity index (χ2n) is 12.1. The SMILES string of the molecule is CCCCCCCCOc1ccc(-c2ccc(-c3ccc(C4CCC(CCCCCCC)OC4)c(F)c3)cc2)c(F)c1F. The highest BCUT2D eigenvalue weighted by Gasteiger charge is 2.25. The summed E-state index contributed by atoms with van der Waals surface area (Å²) in [7, 11) is 0. The average molecular weight is 595 g/mol. The third-order valence-electron chi connectivity index (χ3n) is 8.77. The van der Waals surface area contributed by atoms with Gasteiger partial charge in [0.2, 0.25) is 5.82 Å². The first-order valence-corrected chi connectivity index (χ1v) is 16.6. The van der Waals surface area contributed by atoms with Crippen LogP contribution in [0.1, 0.15) is 115 Å². The van der Waals surface area contributed by atoms with E-state index in [1.807, 2.05) is 24.3 Å². The van der Waals surface area contributed by atoms with Crippen LogP contribution in [-0.2, 0) is 4.74 Å². The van der Waals surface area contributed by atoms with Crippen molar-refractivity contribution >= 4 is 0 Å². The first-order chi connectivity index (χ1) is 21.0. The molecule has 0 aliphatic carbocycles. The van der Waals surface area contributed by atoms with Crippen LogP contribution in [-0.4, -0.2) is 19.3 Å². The highest BCUT2D eigenvalue weighted by Crippen LogP contribution is 2.35. The molecule has 1 aliphatic heterocycles. The molecule has 3 aromatic carbocycles. The molecule has 0 spiro atoms. The van der Waals surface area contributed by atoms with E-state index in [4.69, 9.17) is 9.47 Å². The zero-order valence-corrected chi connectivity index (χ0v) is 26.1. The van der Waals surface area contributed by atoms with Gasteiger partial charge >= 0.3 is 0 Å². The molecule has 0 radical (unpaired) electrons. The lowest BCUT2D eigenvalue weighted by Gasteiger charge is -2.29. The lowest BCUT2D eigenvalue weighted by atomic mass is 9.88. The van der Waals surface area contributed by atoms with Gasteiger partial charge in [0.05, 0.1) is 19.3 Å². The van der Waals surface area contributed by atoms with Gasteiger partial charge in [0.1, 0.15) is 5.82 Å². The first-order valence-electron chi connectivity index (χ1n) is 16.6. The van der Waals surface area contributed by atoms with Crippen molar-refractivity contribution in [3.63, 3.8) is 0 Å². The topological polar surface area (TPSA) is 18.5 Å². The number of ether oxygens (including phenoxy) is 2. The van der Waals surface area contributed by atoms with E-state index in [9.17, 15) is 8.78 Å². The Hall–Kier alpha value is -2.79. The van der Waals surface area contributed by atoms with Crippen LogP contribution in [0.25, 0.3) is 22.3 Å². The Balaban J connectivity index is 1.31. The van der Waals surface area contributed by atoms with Crippen LogP contribution in [0.4, 0.5) is 13.2 Å². The van der Waals surface area contributed by atoms with E-state index in [0.29, 0.717) is 30.4 Å². The number of benzene rings is 3. The van der Waals surface area contributed by atoms with Gasteiger partial charge in [-0.3, -0.25) is 0 Å². The quantitative estimate of drug-likeness (QED) is 0.145. The van der Waals surface area contributed by atoms with E-state index in [0.717, 1.165) is 49.7 Å². The van der Waals surface area contributed by atoms with Gasteiger partial charge in [-0.1, -0.05) is 114 Å². The van der Waals surface area contributed by atoms with Gasteiger partial charge in [-0.25, -0.2) is 8.78 Å². The average Bonchev–Trinajstić information content (AvgIpc) is 3.03. The molecular formula is C38H49F3O2. The van der Waals surface area contributed by atoms with Crippen molar-refractivity contribution in [2.45, 2.75) is 116 Å².